The molecule has 0 bridgehead atoms. The summed E-state index contributed by atoms with van der Waals surface area (Å²) in [5.41, 5.74) is 6.92. The number of anilines is 1. The monoisotopic (exact) mass is 389 g/mol. The van der Waals surface area contributed by atoms with Gasteiger partial charge in [-0.05, 0) is 30.0 Å². The molecular formula is C16H16N5O3PS. The molecule has 1 aromatic carbocycles. The fraction of sp³-hybridized carbons (Fsp3) is 0.188. The van der Waals surface area contributed by atoms with Gasteiger partial charge >= 0.3 is 0 Å². The average Bonchev–Trinajstić information content (AvgIpc) is 3.28. The van der Waals surface area contributed by atoms with Crippen molar-refractivity contribution in [3.8, 4) is 0 Å². The van der Waals surface area contributed by atoms with Gasteiger partial charge in [0.05, 0.1) is 12.9 Å². The molecule has 2 aromatic heterocycles. The van der Waals surface area contributed by atoms with Crippen molar-refractivity contribution in [2.24, 2.45) is 0 Å². The third-order valence-electron chi connectivity index (χ3n) is 3.96. The van der Waals surface area contributed by atoms with Gasteiger partial charge in [-0.3, -0.25) is 4.57 Å². The number of rotatable bonds is 5. The van der Waals surface area contributed by atoms with E-state index in [9.17, 15) is 4.89 Å². The first-order valence-corrected chi connectivity index (χ1v) is 10.5. The van der Waals surface area contributed by atoms with Crippen LogP contribution in [-0.4, -0.2) is 37.1 Å². The summed E-state index contributed by atoms with van der Waals surface area (Å²) < 4.78 is 13.3. The van der Waals surface area contributed by atoms with E-state index in [0.29, 0.717) is 22.3 Å². The largest absolute Gasteiger partial charge is 0.382 e. The minimum Gasteiger partial charge on any atom is -0.382 e. The fourth-order valence-electron chi connectivity index (χ4n) is 2.66. The third-order valence-corrected chi connectivity index (χ3v) is 6.36. The van der Waals surface area contributed by atoms with E-state index in [4.69, 9.17) is 26.8 Å². The Kier molecular flexibility index (Phi) is 4.56. The van der Waals surface area contributed by atoms with Crippen LogP contribution in [0.15, 0.2) is 55.1 Å². The highest BCUT2D eigenvalue weighted by atomic mass is 32.5. The normalized spacial score (nSPS) is 21.9. The summed E-state index contributed by atoms with van der Waals surface area (Å²) in [5, 5.41) is 0.612. The van der Waals surface area contributed by atoms with Crippen molar-refractivity contribution in [3.05, 3.63) is 55.1 Å². The van der Waals surface area contributed by atoms with Crippen molar-refractivity contribution in [2.45, 2.75) is 12.3 Å². The molecule has 1 aliphatic rings. The number of hydrogen-bond donors (Lipinski definition) is 2. The summed E-state index contributed by atoms with van der Waals surface area (Å²) in [6, 6.07) is 9.01. The number of fused-ring (bicyclic) bond motifs is 1. The highest BCUT2D eigenvalue weighted by Crippen LogP contribution is 2.41. The van der Waals surface area contributed by atoms with Crippen LogP contribution in [0.3, 0.4) is 0 Å². The van der Waals surface area contributed by atoms with E-state index in [1.165, 1.54) is 6.33 Å². The zero-order chi connectivity index (χ0) is 18.1. The van der Waals surface area contributed by atoms with Crippen molar-refractivity contribution < 1.29 is 14.2 Å². The van der Waals surface area contributed by atoms with Crippen LogP contribution in [-0.2, 0) is 21.1 Å². The molecule has 0 amide bonds. The van der Waals surface area contributed by atoms with E-state index in [1.807, 2.05) is 30.4 Å². The molecule has 3 aromatic rings. The summed E-state index contributed by atoms with van der Waals surface area (Å²) >= 11 is 5.25. The third kappa shape index (κ3) is 3.27. The van der Waals surface area contributed by atoms with E-state index >= 15 is 0 Å². The van der Waals surface area contributed by atoms with Gasteiger partial charge in [0.15, 0.2) is 17.7 Å². The first-order valence-electron chi connectivity index (χ1n) is 7.84. The molecule has 134 valence electrons. The summed E-state index contributed by atoms with van der Waals surface area (Å²) in [4.78, 5) is 22.8. The van der Waals surface area contributed by atoms with Gasteiger partial charge in [-0.15, -0.1) is 0 Å². The lowest BCUT2D eigenvalue weighted by Crippen LogP contribution is -2.18. The predicted molar refractivity (Wildman–Crippen MR) is 101 cm³/mol. The Morgan fingerprint density at radius 1 is 1.23 bits per heavy atom. The maximum absolute atomic E-state index is 10.4. The van der Waals surface area contributed by atoms with Gasteiger partial charge in [0.25, 0.3) is 0 Å². The number of imidazole rings is 1. The molecule has 10 heteroatoms. The van der Waals surface area contributed by atoms with Crippen LogP contribution in [0, 0.1) is 0 Å². The van der Waals surface area contributed by atoms with Gasteiger partial charge in [0.2, 0.25) is 6.49 Å². The second-order valence-corrected chi connectivity index (χ2v) is 8.98. The first-order chi connectivity index (χ1) is 12.5. The van der Waals surface area contributed by atoms with E-state index in [1.54, 1.807) is 23.0 Å². The van der Waals surface area contributed by atoms with Gasteiger partial charge in [0.1, 0.15) is 17.9 Å². The zero-order valence-corrected chi connectivity index (χ0v) is 15.3. The molecule has 0 radical (unpaired) electrons. The molecule has 26 heavy (non-hydrogen) atoms. The van der Waals surface area contributed by atoms with Crippen LogP contribution in [0.2, 0.25) is 0 Å². The molecule has 1 aliphatic heterocycles. The smallest absolute Gasteiger partial charge is 0.217 e. The number of nitrogen functional groups attached to an aromatic ring is 1. The minimum absolute atomic E-state index is 0.152. The lowest BCUT2D eigenvalue weighted by molar-refractivity contribution is -0.000773. The Labute approximate surface area is 154 Å². The Morgan fingerprint density at radius 3 is 2.85 bits per heavy atom. The molecular weight excluding hydrogens is 373 g/mol. The highest BCUT2D eigenvalue weighted by molar-refractivity contribution is 8.13. The lowest BCUT2D eigenvalue weighted by Gasteiger charge is -2.20. The Morgan fingerprint density at radius 2 is 2.04 bits per heavy atom. The van der Waals surface area contributed by atoms with Crippen LogP contribution in [0.1, 0.15) is 6.23 Å². The van der Waals surface area contributed by atoms with Crippen molar-refractivity contribution in [3.63, 3.8) is 0 Å². The van der Waals surface area contributed by atoms with E-state index in [2.05, 4.69) is 15.0 Å². The first kappa shape index (κ1) is 17.3. The predicted octanol–water partition coefficient (Wildman–Crippen LogP) is 1.51. The van der Waals surface area contributed by atoms with Crippen molar-refractivity contribution in [1.82, 2.24) is 19.5 Å². The maximum atomic E-state index is 10.4. The SMILES string of the molecule is Nc1ncnc2c1ncn2[C@H]1C=C[C@@H](COP(O)(=S)c2ccccc2)O1. The summed E-state index contributed by atoms with van der Waals surface area (Å²) in [5.74, 6) is 0.319. The molecule has 0 saturated heterocycles. The molecule has 0 saturated carbocycles. The second-order valence-electron chi connectivity index (χ2n) is 5.68. The van der Waals surface area contributed by atoms with Gasteiger partial charge in [-0.25, -0.2) is 15.0 Å². The van der Waals surface area contributed by atoms with Gasteiger partial charge in [-0.2, -0.15) is 0 Å². The molecule has 3 N–H and O–H groups in total. The van der Waals surface area contributed by atoms with E-state index in [0.717, 1.165) is 0 Å². The molecule has 0 fully saturated rings. The molecule has 0 spiro atoms. The number of nitrogens with two attached hydrogens (primary N) is 1. The zero-order valence-electron chi connectivity index (χ0n) is 13.5. The number of hydrogen-bond acceptors (Lipinski definition) is 7. The molecule has 8 nitrogen and oxygen atoms in total. The quantitative estimate of drug-likeness (QED) is 0.499. The summed E-state index contributed by atoms with van der Waals surface area (Å²) in [7, 11) is 0. The Hall–Kier alpha value is -2.16. The van der Waals surface area contributed by atoms with Crippen molar-refractivity contribution in [1.29, 1.82) is 0 Å². The van der Waals surface area contributed by atoms with Crippen molar-refractivity contribution >= 4 is 40.6 Å². The van der Waals surface area contributed by atoms with Gasteiger partial charge < -0.3 is 19.9 Å². The number of benzene rings is 1. The van der Waals surface area contributed by atoms with Crippen LogP contribution >= 0.6 is 6.49 Å². The van der Waals surface area contributed by atoms with E-state index < -0.39 is 12.7 Å². The van der Waals surface area contributed by atoms with Crippen LogP contribution in [0.4, 0.5) is 5.82 Å². The topological polar surface area (TPSA) is 108 Å². The molecule has 3 heterocycles. The molecule has 0 aliphatic carbocycles. The fourth-order valence-corrected chi connectivity index (χ4v) is 4.26. The minimum atomic E-state index is -3.06. The second kappa shape index (κ2) is 6.86. The standard InChI is InChI=1S/C16H16N5O3PS/c17-15-14-16(19-9-18-15)21(10-20-14)13-7-6-11(24-13)8-23-25(22,26)12-4-2-1-3-5-12/h1-7,9-11,13H,8H2,(H,22,26)(H2,17,18,19)/t11-,13+,25?/m0/s1. The molecule has 4 rings (SSSR count). The van der Waals surface area contributed by atoms with Gasteiger partial charge in [-0.1, -0.05) is 24.3 Å². The Balaban J connectivity index is 1.44. The van der Waals surface area contributed by atoms with Crippen molar-refractivity contribution in [2.75, 3.05) is 12.3 Å². The molecule has 3 atom stereocenters. The Bertz CT molecular complexity index is 1010. The van der Waals surface area contributed by atoms with Crippen LogP contribution in [0.5, 0.6) is 0 Å². The number of nitrogens with zero attached hydrogens (tertiary/aromatic N) is 4. The maximum Gasteiger partial charge on any atom is 0.217 e. The average molecular weight is 389 g/mol. The number of ether oxygens (including phenoxy) is 1. The lowest BCUT2D eigenvalue weighted by atomic mass is 10.4. The van der Waals surface area contributed by atoms with Crippen LogP contribution in [0.25, 0.3) is 11.2 Å². The molecule has 1 unspecified atom stereocenters. The van der Waals surface area contributed by atoms with Crippen LogP contribution < -0.4 is 11.0 Å². The number of aromatic nitrogens is 4. The highest BCUT2D eigenvalue weighted by Gasteiger charge is 2.26. The summed E-state index contributed by atoms with van der Waals surface area (Å²) in [6.45, 7) is -2.91. The summed E-state index contributed by atoms with van der Waals surface area (Å²) in [6.07, 6.45) is 5.99. The van der Waals surface area contributed by atoms with Gasteiger partial charge in [0, 0.05) is 5.30 Å². The van der Waals surface area contributed by atoms with E-state index in [-0.39, 0.29) is 12.7 Å².